The quantitative estimate of drug-likeness (QED) is 0.791. The fourth-order valence-corrected chi connectivity index (χ4v) is 1.60. The molecule has 1 aromatic rings. The van der Waals surface area contributed by atoms with Gasteiger partial charge in [-0.05, 0) is 37.0 Å². The van der Waals surface area contributed by atoms with E-state index >= 15 is 0 Å². The van der Waals surface area contributed by atoms with Crippen LogP contribution < -0.4 is 5.73 Å². The summed E-state index contributed by atoms with van der Waals surface area (Å²) in [4.78, 5) is 12.1. The predicted octanol–water partition coefficient (Wildman–Crippen LogP) is 2.86. The number of hydrogen-bond acceptors (Lipinski definition) is 2. The van der Waals surface area contributed by atoms with Gasteiger partial charge in [-0.2, -0.15) is 0 Å². The van der Waals surface area contributed by atoms with Gasteiger partial charge >= 0.3 is 0 Å². The summed E-state index contributed by atoms with van der Waals surface area (Å²) in [6, 6.07) is 5.39. The summed E-state index contributed by atoms with van der Waals surface area (Å²) in [6.07, 6.45) is 0.928. The van der Waals surface area contributed by atoms with Gasteiger partial charge in [0.05, 0.1) is 6.04 Å². The highest BCUT2D eigenvalue weighted by molar-refractivity contribution is 6.00. The number of benzene rings is 1. The van der Waals surface area contributed by atoms with Crippen molar-refractivity contribution in [3.63, 3.8) is 0 Å². The molecule has 2 heteroatoms. The van der Waals surface area contributed by atoms with Crippen molar-refractivity contribution in [2.75, 3.05) is 0 Å². The van der Waals surface area contributed by atoms with Gasteiger partial charge in [0.2, 0.25) is 0 Å². The van der Waals surface area contributed by atoms with E-state index in [0.29, 0.717) is 0 Å². The number of carbonyl (C=O) groups excluding carboxylic acids is 1. The average Bonchev–Trinajstić information content (AvgIpc) is 2.29. The molecule has 1 rings (SSSR count). The molecule has 2 N–H and O–H groups in total. The molecule has 0 spiro atoms. The lowest BCUT2D eigenvalue weighted by Crippen LogP contribution is -2.36. The Balaban J connectivity index is 2.92. The molecular weight excluding hydrogens is 198 g/mol. The summed E-state index contributed by atoms with van der Waals surface area (Å²) in [6.45, 7) is 8.13. The summed E-state index contributed by atoms with van der Waals surface area (Å²) in [7, 11) is 0. The number of carbonyl (C=O) groups is 1. The molecule has 2 nitrogen and oxygen atoms in total. The van der Waals surface area contributed by atoms with E-state index < -0.39 is 0 Å². The fraction of sp³-hybridized carbons (Fsp3) is 0.500. The second-order valence-corrected chi connectivity index (χ2v) is 4.57. The Morgan fingerprint density at radius 2 is 1.94 bits per heavy atom. The molecule has 0 amide bonds. The Morgan fingerprint density at radius 1 is 1.31 bits per heavy atom. The summed E-state index contributed by atoms with van der Waals surface area (Å²) in [5.74, 6) is 0.284. The van der Waals surface area contributed by atoms with E-state index in [9.17, 15) is 4.79 Å². The van der Waals surface area contributed by atoms with Crippen molar-refractivity contribution in [3.8, 4) is 0 Å². The van der Waals surface area contributed by atoms with Crippen LogP contribution in [0.1, 0.15) is 41.8 Å². The highest BCUT2D eigenvalue weighted by atomic mass is 16.1. The SMILES string of the molecule is CCC(C)C(N)C(=O)c1ccc(C)c(C)c1. The van der Waals surface area contributed by atoms with E-state index in [1.807, 2.05) is 39.0 Å². The third-order valence-electron chi connectivity index (χ3n) is 3.35. The van der Waals surface area contributed by atoms with E-state index in [1.54, 1.807) is 0 Å². The van der Waals surface area contributed by atoms with Gasteiger partial charge in [-0.15, -0.1) is 0 Å². The molecule has 0 saturated carbocycles. The summed E-state index contributed by atoms with van der Waals surface area (Å²) >= 11 is 0. The first-order valence-electron chi connectivity index (χ1n) is 5.84. The van der Waals surface area contributed by atoms with Crippen molar-refractivity contribution in [1.82, 2.24) is 0 Å². The Morgan fingerprint density at radius 3 is 2.44 bits per heavy atom. The third-order valence-corrected chi connectivity index (χ3v) is 3.35. The topological polar surface area (TPSA) is 43.1 Å². The molecule has 0 bridgehead atoms. The minimum atomic E-state index is -0.382. The van der Waals surface area contributed by atoms with Crippen LogP contribution in [0.2, 0.25) is 0 Å². The van der Waals surface area contributed by atoms with Gasteiger partial charge < -0.3 is 5.73 Å². The molecule has 0 aromatic heterocycles. The van der Waals surface area contributed by atoms with Crippen LogP contribution >= 0.6 is 0 Å². The zero-order valence-corrected chi connectivity index (χ0v) is 10.6. The lowest BCUT2D eigenvalue weighted by Gasteiger charge is -2.17. The van der Waals surface area contributed by atoms with Gasteiger partial charge in [-0.1, -0.05) is 32.4 Å². The number of Topliss-reactive ketones (excluding diaryl/α,β-unsaturated/α-hetero) is 1. The number of aryl methyl sites for hydroxylation is 2. The van der Waals surface area contributed by atoms with E-state index in [4.69, 9.17) is 5.73 Å². The minimum absolute atomic E-state index is 0.0532. The molecule has 2 atom stereocenters. The van der Waals surface area contributed by atoms with Crippen molar-refractivity contribution in [3.05, 3.63) is 34.9 Å². The molecule has 88 valence electrons. The second kappa shape index (κ2) is 5.26. The van der Waals surface area contributed by atoms with Crippen LogP contribution in [0.5, 0.6) is 0 Å². The molecule has 0 aliphatic rings. The highest BCUT2D eigenvalue weighted by Crippen LogP contribution is 2.15. The average molecular weight is 219 g/mol. The van der Waals surface area contributed by atoms with Gasteiger partial charge in [0.15, 0.2) is 5.78 Å². The van der Waals surface area contributed by atoms with Gasteiger partial charge in [-0.25, -0.2) is 0 Å². The van der Waals surface area contributed by atoms with Crippen LogP contribution in [0.15, 0.2) is 18.2 Å². The molecule has 2 unspecified atom stereocenters. The largest absolute Gasteiger partial charge is 0.321 e. The molecule has 0 heterocycles. The Kier molecular flexibility index (Phi) is 4.25. The molecule has 0 saturated heterocycles. The predicted molar refractivity (Wildman–Crippen MR) is 67.7 cm³/mol. The normalized spacial score (nSPS) is 14.6. The van der Waals surface area contributed by atoms with E-state index in [-0.39, 0.29) is 17.7 Å². The Labute approximate surface area is 97.9 Å². The number of hydrogen-bond donors (Lipinski definition) is 1. The molecule has 0 aliphatic carbocycles. The zero-order valence-electron chi connectivity index (χ0n) is 10.6. The first-order valence-corrected chi connectivity index (χ1v) is 5.84. The summed E-state index contributed by atoms with van der Waals surface area (Å²) < 4.78 is 0. The fourth-order valence-electron chi connectivity index (χ4n) is 1.60. The Bertz CT molecular complexity index is 384. The molecule has 0 aliphatic heterocycles. The van der Waals surface area contributed by atoms with Gasteiger partial charge in [0.25, 0.3) is 0 Å². The summed E-state index contributed by atoms with van der Waals surface area (Å²) in [5.41, 5.74) is 9.02. The van der Waals surface area contributed by atoms with E-state index in [0.717, 1.165) is 17.5 Å². The van der Waals surface area contributed by atoms with Crippen molar-refractivity contribution in [2.45, 2.75) is 40.2 Å². The molecular formula is C14H21NO. The number of nitrogens with two attached hydrogens (primary N) is 1. The van der Waals surface area contributed by atoms with Crippen LogP contribution in [0, 0.1) is 19.8 Å². The zero-order chi connectivity index (χ0) is 12.3. The van der Waals surface area contributed by atoms with Crippen LogP contribution in [-0.2, 0) is 0 Å². The molecule has 0 radical (unpaired) electrons. The smallest absolute Gasteiger partial charge is 0.179 e. The van der Waals surface area contributed by atoms with Crippen LogP contribution in [-0.4, -0.2) is 11.8 Å². The molecule has 1 aromatic carbocycles. The Hall–Kier alpha value is -1.15. The number of ketones is 1. The first-order chi connectivity index (χ1) is 7.47. The van der Waals surface area contributed by atoms with Crippen molar-refractivity contribution < 1.29 is 4.79 Å². The van der Waals surface area contributed by atoms with E-state index in [2.05, 4.69) is 6.92 Å². The van der Waals surface area contributed by atoms with E-state index in [1.165, 1.54) is 5.56 Å². The second-order valence-electron chi connectivity index (χ2n) is 4.57. The van der Waals surface area contributed by atoms with Crippen LogP contribution in [0.25, 0.3) is 0 Å². The third kappa shape index (κ3) is 2.70. The first kappa shape index (κ1) is 12.9. The van der Waals surface area contributed by atoms with Crippen LogP contribution in [0.4, 0.5) is 0 Å². The lowest BCUT2D eigenvalue weighted by atomic mass is 9.91. The lowest BCUT2D eigenvalue weighted by molar-refractivity contribution is 0.0935. The monoisotopic (exact) mass is 219 g/mol. The maximum absolute atomic E-state index is 12.1. The van der Waals surface area contributed by atoms with Crippen LogP contribution in [0.3, 0.4) is 0 Å². The highest BCUT2D eigenvalue weighted by Gasteiger charge is 2.20. The maximum Gasteiger partial charge on any atom is 0.179 e. The van der Waals surface area contributed by atoms with Gasteiger partial charge in [0, 0.05) is 5.56 Å². The van der Waals surface area contributed by atoms with Crippen molar-refractivity contribution >= 4 is 5.78 Å². The van der Waals surface area contributed by atoms with Crippen molar-refractivity contribution in [1.29, 1.82) is 0 Å². The van der Waals surface area contributed by atoms with Gasteiger partial charge in [-0.3, -0.25) is 4.79 Å². The standard InChI is InChI=1S/C14H21NO/c1-5-9(2)13(15)14(16)12-7-6-10(3)11(4)8-12/h6-9,13H,5,15H2,1-4H3. The van der Waals surface area contributed by atoms with Crippen molar-refractivity contribution in [2.24, 2.45) is 11.7 Å². The summed E-state index contributed by atoms with van der Waals surface area (Å²) in [5, 5.41) is 0. The minimum Gasteiger partial charge on any atom is -0.321 e. The number of rotatable bonds is 4. The van der Waals surface area contributed by atoms with Gasteiger partial charge in [0.1, 0.15) is 0 Å². The molecule has 0 fully saturated rings. The maximum atomic E-state index is 12.1. The molecule has 16 heavy (non-hydrogen) atoms.